The van der Waals surface area contributed by atoms with Gasteiger partial charge in [0.25, 0.3) is 0 Å². The number of imidazole rings is 1. The zero-order valence-corrected chi connectivity index (χ0v) is 19.8. The molecule has 0 aliphatic heterocycles. The predicted octanol–water partition coefficient (Wildman–Crippen LogP) is 8.25. The second-order valence-electron chi connectivity index (χ2n) is 9.34. The largest absolute Gasteiger partial charge is 0.290 e. The van der Waals surface area contributed by atoms with Crippen LogP contribution < -0.4 is 0 Å². The van der Waals surface area contributed by atoms with Gasteiger partial charge in [0.15, 0.2) is 5.82 Å². The molecule has 0 saturated carbocycles. The summed E-state index contributed by atoms with van der Waals surface area (Å²) in [6.45, 7) is 0. The number of nitrogens with zero attached hydrogens (tertiary/aromatic N) is 3. The van der Waals surface area contributed by atoms with Gasteiger partial charge in [0.2, 0.25) is 0 Å². The Bertz CT molecular complexity index is 2050. The molecule has 0 unspecified atom stereocenters. The van der Waals surface area contributed by atoms with Gasteiger partial charge in [-0.3, -0.25) is 9.55 Å². The van der Waals surface area contributed by atoms with Crippen molar-refractivity contribution in [3.05, 3.63) is 128 Å². The van der Waals surface area contributed by atoms with Crippen molar-refractivity contribution in [1.29, 1.82) is 0 Å². The second-order valence-corrected chi connectivity index (χ2v) is 9.34. The van der Waals surface area contributed by atoms with E-state index in [0.717, 1.165) is 28.2 Å². The van der Waals surface area contributed by atoms with Crippen LogP contribution in [-0.4, -0.2) is 14.5 Å². The van der Waals surface area contributed by atoms with Gasteiger partial charge in [0.05, 0.1) is 5.52 Å². The first-order chi connectivity index (χ1) is 18.3. The van der Waals surface area contributed by atoms with Gasteiger partial charge < -0.3 is 0 Å². The molecule has 0 atom stereocenters. The molecular weight excluding hydrogens is 450 g/mol. The fourth-order valence-corrected chi connectivity index (χ4v) is 5.61. The van der Waals surface area contributed by atoms with Gasteiger partial charge in [-0.2, -0.15) is 0 Å². The fraction of sp³-hybridized carbons (Fsp3) is 0. The summed E-state index contributed by atoms with van der Waals surface area (Å²) in [5, 5.41) is 7.80. The number of hydrogen-bond donors (Lipinski definition) is 0. The van der Waals surface area contributed by atoms with E-state index in [1.807, 2.05) is 30.3 Å². The van der Waals surface area contributed by atoms with E-state index in [-0.39, 0.29) is 0 Å². The van der Waals surface area contributed by atoms with Crippen LogP contribution in [0.15, 0.2) is 115 Å². The van der Waals surface area contributed by atoms with Crippen molar-refractivity contribution in [2.45, 2.75) is 0 Å². The van der Waals surface area contributed by atoms with E-state index < -0.39 is 0 Å². The first kappa shape index (κ1) is 20.0. The Hall–Kier alpha value is -5.20. The molecule has 37 heavy (non-hydrogen) atoms. The lowest BCUT2D eigenvalue weighted by molar-refractivity contribution is 1.08. The number of hydrogen-bond acceptors (Lipinski definition) is 2. The van der Waals surface area contributed by atoms with Gasteiger partial charge in [-0.1, -0.05) is 78.9 Å². The zero-order valence-electron chi connectivity index (χ0n) is 19.8. The van der Waals surface area contributed by atoms with Crippen molar-refractivity contribution in [2.24, 2.45) is 0 Å². The summed E-state index contributed by atoms with van der Waals surface area (Å²) < 4.78 is 2.15. The number of benzene rings is 5. The van der Waals surface area contributed by atoms with Crippen molar-refractivity contribution >= 4 is 43.4 Å². The smallest absolute Gasteiger partial charge is 0.165 e. The Balaban J connectivity index is 1.31. The minimum absolute atomic E-state index is 0.777. The topological polar surface area (TPSA) is 30.7 Å². The van der Waals surface area contributed by atoms with Crippen LogP contribution in [0, 0.1) is 12.1 Å². The van der Waals surface area contributed by atoms with Gasteiger partial charge in [-0.25, -0.2) is 4.98 Å². The molecule has 0 aliphatic carbocycles. The van der Waals surface area contributed by atoms with Crippen molar-refractivity contribution in [3.63, 3.8) is 0 Å². The van der Waals surface area contributed by atoms with Crippen molar-refractivity contribution < 1.29 is 0 Å². The van der Waals surface area contributed by atoms with Gasteiger partial charge in [0, 0.05) is 11.9 Å². The van der Waals surface area contributed by atoms with E-state index in [1.165, 1.54) is 43.4 Å². The van der Waals surface area contributed by atoms with Gasteiger partial charge in [0.1, 0.15) is 11.2 Å². The maximum Gasteiger partial charge on any atom is 0.165 e. The number of pyridine rings is 1. The lowest BCUT2D eigenvalue weighted by Crippen LogP contribution is -1.98. The highest BCUT2D eigenvalue weighted by Gasteiger charge is 2.16. The van der Waals surface area contributed by atoms with E-state index in [9.17, 15) is 0 Å². The Kier molecular flexibility index (Phi) is 4.14. The van der Waals surface area contributed by atoms with E-state index in [0.29, 0.717) is 0 Å². The average Bonchev–Trinajstić information content (AvgIpc) is 3.36. The molecule has 3 nitrogen and oxygen atoms in total. The van der Waals surface area contributed by atoms with Crippen molar-refractivity contribution in [1.82, 2.24) is 14.5 Å². The molecular formula is C34H19N3. The standard InChI is InChI=1S/C34H19N3/c1-2-10-31-29(8-1)36-34(30-9-3-4-21-35-30)37(31)26-17-13-22(14-18-26)27-19-15-25-12-11-23-6-5-7-24-16-20-28(27)33(25)32(23)24/h2-7,9-21H. The molecule has 0 N–H and O–H groups in total. The van der Waals surface area contributed by atoms with Crippen LogP contribution >= 0.6 is 0 Å². The third kappa shape index (κ3) is 2.97. The van der Waals surface area contributed by atoms with E-state index >= 15 is 0 Å². The zero-order chi connectivity index (χ0) is 24.3. The summed E-state index contributed by atoms with van der Waals surface area (Å²) in [6.07, 6.45) is 1.80. The maximum atomic E-state index is 4.84. The first-order valence-electron chi connectivity index (χ1n) is 12.3. The molecule has 0 fully saturated rings. The van der Waals surface area contributed by atoms with E-state index in [4.69, 9.17) is 4.98 Å². The lowest BCUT2D eigenvalue weighted by Gasteiger charge is -2.15. The van der Waals surface area contributed by atoms with Crippen LogP contribution in [0.3, 0.4) is 0 Å². The molecule has 0 amide bonds. The second kappa shape index (κ2) is 7.65. The monoisotopic (exact) mass is 469 g/mol. The van der Waals surface area contributed by atoms with E-state index in [2.05, 4.69) is 101 Å². The molecule has 0 saturated heterocycles. The van der Waals surface area contributed by atoms with Gasteiger partial charge in [-0.15, -0.1) is 0 Å². The summed E-state index contributed by atoms with van der Waals surface area (Å²) in [4.78, 5) is 9.40. The van der Waals surface area contributed by atoms with Crippen LogP contribution in [0.1, 0.15) is 0 Å². The van der Waals surface area contributed by atoms with Crippen molar-refractivity contribution in [2.75, 3.05) is 0 Å². The molecule has 8 aromatic rings. The first-order valence-corrected chi connectivity index (χ1v) is 12.3. The Labute approximate surface area is 213 Å². The van der Waals surface area contributed by atoms with Gasteiger partial charge >= 0.3 is 0 Å². The maximum absolute atomic E-state index is 4.84. The predicted molar refractivity (Wildman–Crippen MR) is 151 cm³/mol. The molecule has 2 aromatic heterocycles. The number of fused-ring (bicyclic) bond motifs is 1. The van der Waals surface area contributed by atoms with Crippen LogP contribution in [0.2, 0.25) is 0 Å². The minimum Gasteiger partial charge on any atom is -0.290 e. The van der Waals surface area contributed by atoms with Crippen LogP contribution in [0.25, 0.3) is 71.7 Å². The molecule has 8 rings (SSSR count). The Morgan fingerprint density at radius 2 is 1.43 bits per heavy atom. The Morgan fingerprint density at radius 1 is 0.649 bits per heavy atom. The van der Waals surface area contributed by atoms with E-state index in [1.54, 1.807) is 6.20 Å². The highest BCUT2D eigenvalue weighted by atomic mass is 15.1. The summed E-state index contributed by atoms with van der Waals surface area (Å²) in [5.74, 6) is 0.793. The lowest BCUT2D eigenvalue weighted by atomic mass is 9.90. The number of aromatic nitrogens is 3. The molecule has 170 valence electrons. The third-order valence-corrected chi connectivity index (χ3v) is 7.29. The third-order valence-electron chi connectivity index (χ3n) is 7.29. The molecule has 0 spiro atoms. The van der Waals surface area contributed by atoms with Crippen LogP contribution in [0.5, 0.6) is 0 Å². The summed E-state index contributed by atoms with van der Waals surface area (Å²) in [5.41, 5.74) is 6.03. The molecule has 0 radical (unpaired) electrons. The normalized spacial score (nSPS) is 11.6. The fourth-order valence-electron chi connectivity index (χ4n) is 5.61. The summed E-state index contributed by atoms with van der Waals surface area (Å²) in [7, 11) is 0. The highest BCUT2D eigenvalue weighted by molar-refractivity contribution is 6.25. The molecule has 0 bridgehead atoms. The van der Waals surface area contributed by atoms with Crippen molar-refractivity contribution in [3.8, 4) is 28.3 Å². The quantitative estimate of drug-likeness (QED) is 0.244. The number of rotatable bonds is 3. The molecule has 0 aliphatic rings. The Morgan fingerprint density at radius 3 is 2.24 bits per heavy atom. The molecule has 6 aromatic carbocycles. The highest BCUT2D eigenvalue weighted by Crippen LogP contribution is 2.39. The minimum atomic E-state index is 0.777. The van der Waals surface area contributed by atoms with Crippen LogP contribution in [0.4, 0.5) is 0 Å². The molecule has 2 heterocycles. The van der Waals surface area contributed by atoms with Gasteiger partial charge in [-0.05, 0) is 85.9 Å². The summed E-state index contributed by atoms with van der Waals surface area (Å²) >= 11 is 0. The average molecular weight is 470 g/mol. The summed E-state index contributed by atoms with van der Waals surface area (Å²) in [6, 6.07) is 44.7. The van der Waals surface area contributed by atoms with Crippen LogP contribution in [-0.2, 0) is 0 Å². The molecule has 3 heteroatoms. The SMILES string of the molecule is c1ccc2c(c#1)nc(-c1ccccn1)n2-c1ccc(-c2ccc3ccc4cccc5ccc2c3c45)cc1.